The second-order valence-electron chi connectivity index (χ2n) is 4.64. The summed E-state index contributed by atoms with van der Waals surface area (Å²) in [6.07, 6.45) is 8.16. The summed E-state index contributed by atoms with van der Waals surface area (Å²) in [7, 11) is 0. The molecule has 0 amide bonds. The maximum absolute atomic E-state index is 4.21. The smallest absolute Gasteiger partial charge is 0.0233 e. The van der Waals surface area contributed by atoms with Gasteiger partial charge >= 0.3 is 0 Å². The summed E-state index contributed by atoms with van der Waals surface area (Å²) >= 11 is 4.21. The average Bonchev–Trinajstić information content (AvgIpc) is 2.83. The molecule has 1 aliphatic heterocycles. The molecule has 1 heterocycles. The predicted molar refractivity (Wildman–Crippen MR) is 78.5 cm³/mol. The molecule has 0 saturated carbocycles. The van der Waals surface area contributed by atoms with Crippen LogP contribution in [0.1, 0.15) is 30.4 Å². The Balaban J connectivity index is 1.95. The van der Waals surface area contributed by atoms with E-state index in [-0.39, 0.29) is 0 Å². The van der Waals surface area contributed by atoms with Crippen molar-refractivity contribution >= 4 is 18.7 Å². The number of thiol groups is 1. The summed E-state index contributed by atoms with van der Waals surface area (Å²) in [4.78, 5) is 2.54. The molecule has 1 saturated heterocycles. The van der Waals surface area contributed by atoms with Gasteiger partial charge in [-0.05, 0) is 49.2 Å². The Morgan fingerprint density at radius 3 is 2.82 bits per heavy atom. The Morgan fingerprint density at radius 2 is 2.06 bits per heavy atom. The van der Waals surface area contributed by atoms with Crippen molar-refractivity contribution in [2.24, 2.45) is 0 Å². The van der Waals surface area contributed by atoms with E-state index in [0.29, 0.717) is 0 Å². The zero-order valence-electron chi connectivity index (χ0n) is 10.3. The van der Waals surface area contributed by atoms with Gasteiger partial charge in [-0.1, -0.05) is 36.4 Å². The van der Waals surface area contributed by atoms with Gasteiger partial charge in [0.25, 0.3) is 0 Å². The number of rotatable bonds is 5. The molecule has 0 aliphatic carbocycles. The lowest BCUT2D eigenvalue weighted by Gasteiger charge is -2.14. The van der Waals surface area contributed by atoms with E-state index in [2.05, 4.69) is 53.9 Å². The van der Waals surface area contributed by atoms with Gasteiger partial charge in [0, 0.05) is 6.54 Å². The number of allylic oxidation sites excluding steroid dienone is 1. The normalized spacial score (nSPS) is 17.0. The van der Waals surface area contributed by atoms with E-state index in [1.165, 1.54) is 37.1 Å². The third kappa shape index (κ3) is 4.21. The van der Waals surface area contributed by atoms with E-state index in [9.17, 15) is 0 Å². The predicted octanol–water partition coefficient (Wildman–Crippen LogP) is 3.62. The van der Waals surface area contributed by atoms with Crippen LogP contribution in [0.4, 0.5) is 0 Å². The Hall–Kier alpha value is -0.730. The van der Waals surface area contributed by atoms with Gasteiger partial charge in [0.1, 0.15) is 0 Å². The second kappa shape index (κ2) is 6.87. The van der Waals surface area contributed by atoms with Crippen LogP contribution in [-0.4, -0.2) is 23.7 Å². The van der Waals surface area contributed by atoms with Gasteiger partial charge in [-0.15, -0.1) is 0 Å². The third-order valence-corrected chi connectivity index (χ3v) is 3.42. The average molecular weight is 247 g/mol. The summed E-state index contributed by atoms with van der Waals surface area (Å²) in [6.45, 7) is 3.63. The molecule has 2 rings (SSSR count). The first kappa shape index (κ1) is 12.7. The largest absolute Gasteiger partial charge is 0.299 e. The van der Waals surface area contributed by atoms with Gasteiger partial charge in [0.05, 0.1) is 0 Å². The summed E-state index contributed by atoms with van der Waals surface area (Å²) in [5, 5.41) is 0. The maximum atomic E-state index is 4.21. The first-order valence-corrected chi connectivity index (χ1v) is 7.10. The van der Waals surface area contributed by atoms with Crippen LogP contribution in [0.25, 0.3) is 6.08 Å². The van der Waals surface area contributed by atoms with Crippen LogP contribution in [0.15, 0.2) is 30.3 Å². The number of hydrogen-bond donors (Lipinski definition) is 1. The van der Waals surface area contributed by atoms with E-state index in [4.69, 9.17) is 0 Å². The highest BCUT2D eigenvalue weighted by atomic mass is 32.1. The molecule has 0 aromatic heterocycles. The van der Waals surface area contributed by atoms with Gasteiger partial charge in [-0.2, -0.15) is 12.6 Å². The molecule has 92 valence electrons. The van der Waals surface area contributed by atoms with Crippen LogP contribution in [-0.2, 0) is 6.54 Å². The number of hydrogen-bond acceptors (Lipinski definition) is 2. The van der Waals surface area contributed by atoms with Crippen molar-refractivity contribution < 1.29 is 0 Å². The molecular formula is C15H21NS. The molecule has 0 bridgehead atoms. The first-order chi connectivity index (χ1) is 8.38. The molecule has 0 atom stereocenters. The van der Waals surface area contributed by atoms with E-state index in [1.807, 2.05) is 0 Å². The SMILES string of the molecule is SCCC=Cc1cccc(CN2CCCC2)c1. The number of likely N-dealkylation sites (tertiary alicyclic amines) is 1. The van der Waals surface area contributed by atoms with Crippen molar-refractivity contribution in [1.82, 2.24) is 4.90 Å². The topological polar surface area (TPSA) is 3.24 Å². The molecule has 1 fully saturated rings. The Morgan fingerprint density at radius 1 is 1.24 bits per heavy atom. The van der Waals surface area contributed by atoms with E-state index in [1.54, 1.807) is 0 Å². The van der Waals surface area contributed by atoms with Crippen molar-refractivity contribution in [3.63, 3.8) is 0 Å². The fourth-order valence-electron chi connectivity index (χ4n) is 2.29. The summed E-state index contributed by atoms with van der Waals surface area (Å²) < 4.78 is 0. The molecule has 0 N–H and O–H groups in total. The molecule has 0 unspecified atom stereocenters. The van der Waals surface area contributed by atoms with Gasteiger partial charge in [-0.25, -0.2) is 0 Å². The van der Waals surface area contributed by atoms with Crippen LogP contribution in [0, 0.1) is 0 Å². The molecular weight excluding hydrogens is 226 g/mol. The van der Waals surface area contributed by atoms with Gasteiger partial charge in [-0.3, -0.25) is 4.90 Å². The van der Waals surface area contributed by atoms with Crippen LogP contribution < -0.4 is 0 Å². The Bertz CT molecular complexity index is 367. The summed E-state index contributed by atoms with van der Waals surface area (Å²) in [5.41, 5.74) is 2.74. The van der Waals surface area contributed by atoms with E-state index >= 15 is 0 Å². The summed E-state index contributed by atoms with van der Waals surface area (Å²) in [6, 6.07) is 8.86. The molecule has 17 heavy (non-hydrogen) atoms. The highest BCUT2D eigenvalue weighted by molar-refractivity contribution is 7.80. The number of nitrogens with zero attached hydrogens (tertiary/aromatic N) is 1. The summed E-state index contributed by atoms with van der Waals surface area (Å²) in [5.74, 6) is 0.921. The highest BCUT2D eigenvalue weighted by Gasteiger charge is 2.11. The minimum atomic E-state index is 0.921. The van der Waals surface area contributed by atoms with Crippen molar-refractivity contribution in [3.8, 4) is 0 Å². The molecule has 2 heteroatoms. The van der Waals surface area contributed by atoms with Crippen molar-refractivity contribution in [2.45, 2.75) is 25.8 Å². The second-order valence-corrected chi connectivity index (χ2v) is 5.09. The monoisotopic (exact) mass is 247 g/mol. The number of benzene rings is 1. The minimum absolute atomic E-state index is 0.921. The lowest BCUT2D eigenvalue weighted by atomic mass is 10.1. The van der Waals surface area contributed by atoms with Crippen LogP contribution in [0.2, 0.25) is 0 Å². The standard InChI is InChI=1S/C15H21NS/c17-11-4-1-6-14-7-5-8-15(12-14)13-16-9-2-3-10-16/h1,5-8,12,17H,2-4,9-11,13H2. The van der Waals surface area contributed by atoms with Gasteiger partial charge < -0.3 is 0 Å². The van der Waals surface area contributed by atoms with Gasteiger partial charge in [0.2, 0.25) is 0 Å². The fraction of sp³-hybridized carbons (Fsp3) is 0.467. The molecule has 0 radical (unpaired) electrons. The van der Waals surface area contributed by atoms with Crippen LogP contribution in [0.3, 0.4) is 0 Å². The molecule has 1 aromatic rings. The lowest BCUT2D eigenvalue weighted by Crippen LogP contribution is -2.18. The molecule has 1 nitrogen and oxygen atoms in total. The van der Waals surface area contributed by atoms with E-state index in [0.717, 1.165) is 18.7 Å². The maximum Gasteiger partial charge on any atom is 0.0233 e. The van der Waals surface area contributed by atoms with E-state index < -0.39 is 0 Å². The van der Waals surface area contributed by atoms with Crippen molar-refractivity contribution in [1.29, 1.82) is 0 Å². The molecule has 1 aliphatic rings. The van der Waals surface area contributed by atoms with Crippen LogP contribution in [0.5, 0.6) is 0 Å². The van der Waals surface area contributed by atoms with Gasteiger partial charge in [0.15, 0.2) is 0 Å². The van der Waals surface area contributed by atoms with Crippen molar-refractivity contribution in [2.75, 3.05) is 18.8 Å². The first-order valence-electron chi connectivity index (χ1n) is 6.47. The Labute approximate surface area is 110 Å². The fourth-order valence-corrected chi connectivity index (χ4v) is 2.44. The Kier molecular flexibility index (Phi) is 5.14. The minimum Gasteiger partial charge on any atom is -0.299 e. The zero-order chi connectivity index (χ0) is 11.9. The quantitative estimate of drug-likeness (QED) is 0.778. The molecule has 1 aromatic carbocycles. The highest BCUT2D eigenvalue weighted by Crippen LogP contribution is 2.14. The zero-order valence-corrected chi connectivity index (χ0v) is 11.2. The third-order valence-electron chi connectivity index (χ3n) is 3.16. The molecule has 0 spiro atoms. The lowest BCUT2D eigenvalue weighted by molar-refractivity contribution is 0.331. The van der Waals surface area contributed by atoms with Crippen LogP contribution >= 0.6 is 12.6 Å². The van der Waals surface area contributed by atoms with Crippen molar-refractivity contribution in [3.05, 3.63) is 41.5 Å².